The molecule has 0 bridgehead atoms. The first-order chi connectivity index (χ1) is 11.3. The lowest BCUT2D eigenvalue weighted by atomic mass is 9.79. The minimum Gasteiger partial charge on any atom is -0.306 e. The molecular formula is C20H27N3. The molecule has 3 heteroatoms. The largest absolute Gasteiger partial charge is 0.306 e. The molecule has 2 aliphatic carbocycles. The van der Waals surface area contributed by atoms with Crippen molar-refractivity contribution in [3.63, 3.8) is 0 Å². The van der Waals surface area contributed by atoms with Gasteiger partial charge in [0.05, 0.1) is 18.0 Å². The van der Waals surface area contributed by atoms with Crippen LogP contribution in [0.15, 0.2) is 24.8 Å². The van der Waals surface area contributed by atoms with Crippen LogP contribution in [0.25, 0.3) is 5.52 Å². The number of hydrogen-bond acceptors (Lipinski definition) is 2. The van der Waals surface area contributed by atoms with Crippen LogP contribution in [0.1, 0.15) is 68.4 Å². The van der Waals surface area contributed by atoms with Crippen molar-refractivity contribution >= 4 is 5.52 Å². The predicted octanol–water partition coefficient (Wildman–Crippen LogP) is 4.19. The van der Waals surface area contributed by atoms with E-state index in [0.29, 0.717) is 5.92 Å². The third-order valence-electron chi connectivity index (χ3n) is 6.48. The van der Waals surface area contributed by atoms with Crippen molar-refractivity contribution in [1.82, 2.24) is 14.3 Å². The minimum absolute atomic E-state index is 0.660. The molecule has 3 nitrogen and oxygen atoms in total. The fraction of sp³-hybridized carbons (Fsp3) is 0.650. The molecule has 5 rings (SSSR count). The van der Waals surface area contributed by atoms with Crippen LogP contribution in [0.3, 0.4) is 0 Å². The maximum atomic E-state index is 4.41. The maximum absolute atomic E-state index is 4.41. The molecule has 1 unspecified atom stereocenters. The highest BCUT2D eigenvalue weighted by Gasteiger charge is 2.35. The van der Waals surface area contributed by atoms with Gasteiger partial charge in [-0.15, -0.1) is 0 Å². The van der Waals surface area contributed by atoms with E-state index < -0.39 is 0 Å². The molecule has 1 atom stereocenters. The number of pyridine rings is 1. The van der Waals surface area contributed by atoms with Crippen molar-refractivity contribution in [2.45, 2.75) is 63.3 Å². The van der Waals surface area contributed by atoms with Gasteiger partial charge in [-0.2, -0.15) is 0 Å². The molecule has 0 amide bonds. The van der Waals surface area contributed by atoms with Crippen molar-refractivity contribution in [2.24, 2.45) is 5.92 Å². The zero-order valence-electron chi connectivity index (χ0n) is 14.1. The SMILES string of the molecule is CC(c1c(C2CC2)ccn2cncc12)C1CCN(C2CC2)CC1. The number of piperidine rings is 1. The first-order valence-corrected chi connectivity index (χ1v) is 9.50. The molecule has 0 aromatic carbocycles. The summed E-state index contributed by atoms with van der Waals surface area (Å²) in [7, 11) is 0. The zero-order chi connectivity index (χ0) is 15.4. The number of nitrogens with zero attached hydrogens (tertiary/aromatic N) is 3. The molecule has 0 spiro atoms. The van der Waals surface area contributed by atoms with Crippen LogP contribution in [0.2, 0.25) is 0 Å². The molecule has 2 aromatic heterocycles. The Balaban J connectivity index is 1.44. The summed E-state index contributed by atoms with van der Waals surface area (Å²) in [6.45, 7) is 5.12. The Morgan fingerprint density at radius 1 is 1.09 bits per heavy atom. The molecule has 2 saturated carbocycles. The van der Waals surface area contributed by atoms with Gasteiger partial charge in [-0.3, -0.25) is 0 Å². The van der Waals surface area contributed by atoms with Crippen LogP contribution >= 0.6 is 0 Å². The van der Waals surface area contributed by atoms with Crippen molar-refractivity contribution in [3.8, 4) is 0 Å². The van der Waals surface area contributed by atoms with Gasteiger partial charge < -0.3 is 9.30 Å². The van der Waals surface area contributed by atoms with E-state index in [1.807, 2.05) is 6.33 Å². The highest BCUT2D eigenvalue weighted by atomic mass is 15.2. The normalized spacial score (nSPS) is 25.1. The van der Waals surface area contributed by atoms with Gasteiger partial charge in [0.1, 0.15) is 0 Å². The summed E-state index contributed by atoms with van der Waals surface area (Å²) in [4.78, 5) is 7.15. The van der Waals surface area contributed by atoms with E-state index >= 15 is 0 Å². The Morgan fingerprint density at radius 3 is 2.57 bits per heavy atom. The highest BCUT2D eigenvalue weighted by molar-refractivity contribution is 5.59. The van der Waals surface area contributed by atoms with Crippen molar-refractivity contribution < 1.29 is 0 Å². The highest BCUT2D eigenvalue weighted by Crippen LogP contribution is 2.47. The molecule has 122 valence electrons. The monoisotopic (exact) mass is 309 g/mol. The average molecular weight is 309 g/mol. The van der Waals surface area contributed by atoms with Crippen molar-refractivity contribution in [3.05, 3.63) is 35.9 Å². The molecule has 3 fully saturated rings. The predicted molar refractivity (Wildman–Crippen MR) is 92.9 cm³/mol. The Bertz CT molecular complexity index is 703. The Kier molecular flexibility index (Phi) is 3.26. The zero-order valence-corrected chi connectivity index (χ0v) is 14.1. The van der Waals surface area contributed by atoms with Gasteiger partial charge in [0.15, 0.2) is 0 Å². The second-order valence-electron chi connectivity index (χ2n) is 8.04. The molecule has 0 radical (unpaired) electrons. The number of fused-ring (bicyclic) bond motifs is 1. The molecule has 1 aliphatic heterocycles. The van der Waals surface area contributed by atoms with E-state index in [9.17, 15) is 0 Å². The molecule has 3 heterocycles. The molecular weight excluding hydrogens is 282 g/mol. The summed E-state index contributed by atoms with van der Waals surface area (Å²) in [5.41, 5.74) is 4.58. The maximum Gasteiger partial charge on any atom is 0.0992 e. The standard InChI is InChI=1S/C20H27N3/c1-14(15-6-9-22(10-7-15)17-4-5-17)20-18(16-2-3-16)8-11-23-13-21-12-19(20)23/h8,11-17H,2-7,9-10H2,1H3. The first kappa shape index (κ1) is 14.0. The van der Waals surface area contributed by atoms with Gasteiger partial charge in [-0.1, -0.05) is 6.92 Å². The lowest BCUT2D eigenvalue weighted by Crippen LogP contribution is -2.36. The third kappa shape index (κ3) is 2.50. The van der Waals surface area contributed by atoms with Gasteiger partial charge in [-0.05, 0) is 86.6 Å². The number of aromatic nitrogens is 2. The van der Waals surface area contributed by atoms with Crippen LogP contribution in [-0.4, -0.2) is 33.4 Å². The van der Waals surface area contributed by atoms with Gasteiger partial charge in [0.2, 0.25) is 0 Å². The van der Waals surface area contributed by atoms with Gasteiger partial charge in [0.25, 0.3) is 0 Å². The molecule has 23 heavy (non-hydrogen) atoms. The van der Waals surface area contributed by atoms with Crippen molar-refractivity contribution in [1.29, 1.82) is 0 Å². The quantitative estimate of drug-likeness (QED) is 0.844. The Labute approximate surface area is 138 Å². The van der Waals surface area contributed by atoms with E-state index in [-0.39, 0.29) is 0 Å². The summed E-state index contributed by atoms with van der Waals surface area (Å²) in [6.07, 6.45) is 14.6. The Hall–Kier alpha value is -1.35. The second kappa shape index (κ2) is 5.34. The summed E-state index contributed by atoms with van der Waals surface area (Å²) in [5, 5.41) is 0. The number of likely N-dealkylation sites (tertiary alicyclic amines) is 1. The smallest absolute Gasteiger partial charge is 0.0992 e. The van der Waals surface area contributed by atoms with Gasteiger partial charge in [0, 0.05) is 12.2 Å². The van der Waals surface area contributed by atoms with E-state index in [1.54, 1.807) is 11.1 Å². The number of hydrogen-bond donors (Lipinski definition) is 0. The van der Waals surface area contributed by atoms with Crippen LogP contribution < -0.4 is 0 Å². The molecule has 2 aromatic rings. The Morgan fingerprint density at radius 2 is 1.87 bits per heavy atom. The molecule has 3 aliphatic rings. The topological polar surface area (TPSA) is 20.5 Å². The lowest BCUT2D eigenvalue weighted by molar-refractivity contribution is 0.164. The van der Waals surface area contributed by atoms with Gasteiger partial charge >= 0.3 is 0 Å². The molecule has 1 saturated heterocycles. The first-order valence-electron chi connectivity index (χ1n) is 9.50. The number of rotatable bonds is 4. The van der Waals surface area contributed by atoms with Crippen LogP contribution in [-0.2, 0) is 0 Å². The van der Waals surface area contributed by atoms with E-state index in [0.717, 1.165) is 17.9 Å². The van der Waals surface area contributed by atoms with Crippen LogP contribution in [0.5, 0.6) is 0 Å². The lowest BCUT2D eigenvalue weighted by Gasteiger charge is -2.36. The second-order valence-corrected chi connectivity index (χ2v) is 8.04. The average Bonchev–Trinajstić information content (AvgIpc) is 3.50. The third-order valence-corrected chi connectivity index (χ3v) is 6.48. The van der Waals surface area contributed by atoms with Crippen molar-refractivity contribution in [2.75, 3.05) is 13.1 Å². The molecule has 0 N–H and O–H groups in total. The van der Waals surface area contributed by atoms with E-state index in [1.165, 1.54) is 57.1 Å². The van der Waals surface area contributed by atoms with E-state index in [4.69, 9.17) is 0 Å². The summed E-state index contributed by atoms with van der Waals surface area (Å²) >= 11 is 0. The fourth-order valence-corrected chi connectivity index (χ4v) is 4.74. The summed E-state index contributed by atoms with van der Waals surface area (Å²) in [5.74, 6) is 2.31. The van der Waals surface area contributed by atoms with E-state index in [2.05, 4.69) is 39.7 Å². The summed E-state index contributed by atoms with van der Waals surface area (Å²) < 4.78 is 2.22. The van der Waals surface area contributed by atoms with Crippen LogP contribution in [0.4, 0.5) is 0 Å². The van der Waals surface area contributed by atoms with Gasteiger partial charge in [-0.25, -0.2) is 4.98 Å². The minimum atomic E-state index is 0.660. The fourth-order valence-electron chi connectivity index (χ4n) is 4.74. The number of imidazole rings is 1. The van der Waals surface area contributed by atoms with Crippen LogP contribution in [0, 0.1) is 5.92 Å². The summed E-state index contributed by atoms with van der Waals surface area (Å²) in [6, 6.07) is 3.31.